The van der Waals surface area contributed by atoms with Gasteiger partial charge in [0.1, 0.15) is 10.4 Å². The third kappa shape index (κ3) is 2.03. The SMILES string of the molecule is Cc1cc(F)c(Br)nc1NC(=O)[C@H]1NC[C@H]2C[C@H]21. The molecule has 0 bridgehead atoms. The molecule has 0 aromatic carbocycles. The summed E-state index contributed by atoms with van der Waals surface area (Å²) in [6.07, 6.45) is 1.13. The molecule has 6 heteroatoms. The van der Waals surface area contributed by atoms with Crippen molar-refractivity contribution in [2.24, 2.45) is 11.8 Å². The van der Waals surface area contributed by atoms with Crippen molar-refractivity contribution in [2.45, 2.75) is 19.4 Å². The van der Waals surface area contributed by atoms with Crippen LogP contribution in [0.3, 0.4) is 0 Å². The van der Waals surface area contributed by atoms with Crippen molar-refractivity contribution in [3.05, 3.63) is 22.1 Å². The second-order valence-electron chi connectivity index (χ2n) is 4.96. The molecule has 2 fully saturated rings. The van der Waals surface area contributed by atoms with Crippen LogP contribution >= 0.6 is 15.9 Å². The third-order valence-corrected chi connectivity index (χ3v) is 4.21. The Morgan fingerprint density at radius 3 is 3.06 bits per heavy atom. The third-order valence-electron chi connectivity index (χ3n) is 3.65. The number of aromatic nitrogens is 1. The molecule has 3 rings (SSSR count). The summed E-state index contributed by atoms with van der Waals surface area (Å²) in [5.74, 6) is 1.05. The van der Waals surface area contributed by atoms with Gasteiger partial charge in [-0.1, -0.05) is 0 Å². The van der Waals surface area contributed by atoms with E-state index in [1.807, 2.05) is 0 Å². The Balaban J connectivity index is 1.76. The van der Waals surface area contributed by atoms with Crippen LogP contribution in [0.15, 0.2) is 10.7 Å². The van der Waals surface area contributed by atoms with Gasteiger partial charge in [-0.3, -0.25) is 4.79 Å². The highest BCUT2D eigenvalue weighted by atomic mass is 79.9. The first-order valence-electron chi connectivity index (χ1n) is 5.93. The predicted molar refractivity (Wildman–Crippen MR) is 68.6 cm³/mol. The van der Waals surface area contributed by atoms with E-state index in [0.29, 0.717) is 23.2 Å². The molecule has 96 valence electrons. The van der Waals surface area contributed by atoms with Crippen molar-refractivity contribution in [3.8, 4) is 0 Å². The fourth-order valence-corrected chi connectivity index (χ4v) is 2.80. The van der Waals surface area contributed by atoms with Crippen LogP contribution in [0, 0.1) is 24.6 Å². The number of hydrogen-bond acceptors (Lipinski definition) is 3. The molecule has 2 aliphatic rings. The smallest absolute Gasteiger partial charge is 0.242 e. The summed E-state index contributed by atoms with van der Waals surface area (Å²) < 4.78 is 13.3. The second kappa shape index (κ2) is 4.28. The molecule has 1 aliphatic carbocycles. The molecule has 1 aromatic rings. The Morgan fingerprint density at radius 1 is 1.67 bits per heavy atom. The van der Waals surface area contributed by atoms with Gasteiger partial charge in [-0.15, -0.1) is 0 Å². The van der Waals surface area contributed by atoms with Crippen LogP contribution in [-0.4, -0.2) is 23.5 Å². The molecule has 0 radical (unpaired) electrons. The van der Waals surface area contributed by atoms with Gasteiger partial charge in [-0.05, 0) is 59.3 Å². The predicted octanol–water partition coefficient (Wildman–Crippen LogP) is 1.84. The summed E-state index contributed by atoms with van der Waals surface area (Å²) in [6.45, 7) is 2.64. The lowest BCUT2D eigenvalue weighted by Gasteiger charge is -2.14. The molecule has 2 heterocycles. The van der Waals surface area contributed by atoms with E-state index >= 15 is 0 Å². The molecule has 0 spiro atoms. The largest absolute Gasteiger partial charge is 0.309 e. The zero-order valence-electron chi connectivity index (χ0n) is 9.84. The molecule has 1 aliphatic heterocycles. The molecular formula is C12H13BrFN3O. The van der Waals surface area contributed by atoms with Gasteiger partial charge >= 0.3 is 0 Å². The number of nitrogens with one attached hydrogen (secondary N) is 2. The zero-order chi connectivity index (χ0) is 12.9. The average Bonchev–Trinajstić information content (AvgIpc) is 2.97. The minimum absolute atomic E-state index is 0.0749. The average molecular weight is 314 g/mol. The molecular weight excluding hydrogens is 301 g/mol. The van der Waals surface area contributed by atoms with Gasteiger partial charge in [-0.25, -0.2) is 9.37 Å². The maximum Gasteiger partial charge on any atom is 0.242 e. The van der Waals surface area contributed by atoms with Crippen LogP contribution < -0.4 is 10.6 Å². The highest BCUT2D eigenvalue weighted by molar-refractivity contribution is 9.10. The monoisotopic (exact) mass is 313 g/mol. The summed E-state index contributed by atoms with van der Waals surface area (Å²) in [6, 6.07) is 1.23. The number of nitrogens with zero attached hydrogens (tertiary/aromatic N) is 1. The molecule has 1 saturated carbocycles. The fraction of sp³-hybridized carbons (Fsp3) is 0.500. The van der Waals surface area contributed by atoms with Crippen molar-refractivity contribution in [1.82, 2.24) is 10.3 Å². The molecule has 3 atom stereocenters. The Hall–Kier alpha value is -1.01. The number of aryl methyl sites for hydroxylation is 1. The first kappa shape index (κ1) is 12.0. The zero-order valence-corrected chi connectivity index (χ0v) is 11.4. The van der Waals surface area contributed by atoms with E-state index in [2.05, 4.69) is 31.5 Å². The number of carbonyl (C=O) groups excluding carboxylic acids is 1. The summed E-state index contributed by atoms with van der Waals surface area (Å²) in [7, 11) is 0. The fourth-order valence-electron chi connectivity index (χ4n) is 2.51. The number of carbonyl (C=O) groups is 1. The van der Waals surface area contributed by atoms with E-state index < -0.39 is 5.82 Å². The van der Waals surface area contributed by atoms with E-state index in [9.17, 15) is 9.18 Å². The van der Waals surface area contributed by atoms with Gasteiger partial charge in [0.15, 0.2) is 5.82 Å². The number of hydrogen-bond donors (Lipinski definition) is 2. The molecule has 1 aromatic heterocycles. The van der Waals surface area contributed by atoms with Crippen LogP contribution in [0.25, 0.3) is 0 Å². The summed E-state index contributed by atoms with van der Waals surface area (Å²) in [4.78, 5) is 16.1. The minimum atomic E-state index is -0.424. The van der Waals surface area contributed by atoms with Crippen molar-refractivity contribution >= 4 is 27.7 Å². The Bertz CT molecular complexity index is 522. The van der Waals surface area contributed by atoms with E-state index in [0.717, 1.165) is 13.0 Å². The first-order valence-corrected chi connectivity index (χ1v) is 6.72. The number of halogens is 2. The van der Waals surface area contributed by atoms with Crippen LogP contribution in [0.2, 0.25) is 0 Å². The lowest BCUT2D eigenvalue weighted by molar-refractivity contribution is -0.118. The van der Waals surface area contributed by atoms with Gasteiger partial charge < -0.3 is 10.6 Å². The molecule has 18 heavy (non-hydrogen) atoms. The van der Waals surface area contributed by atoms with Crippen LogP contribution in [0.1, 0.15) is 12.0 Å². The molecule has 1 amide bonds. The number of anilines is 1. The van der Waals surface area contributed by atoms with E-state index in [1.54, 1.807) is 6.92 Å². The lowest BCUT2D eigenvalue weighted by atomic mass is 10.2. The first-order chi connectivity index (χ1) is 8.56. The van der Waals surface area contributed by atoms with E-state index in [1.165, 1.54) is 6.07 Å². The van der Waals surface area contributed by atoms with Gasteiger partial charge in [0.25, 0.3) is 0 Å². The van der Waals surface area contributed by atoms with Crippen molar-refractivity contribution < 1.29 is 9.18 Å². The summed E-state index contributed by atoms with van der Waals surface area (Å²) in [5.41, 5.74) is 0.620. The van der Waals surface area contributed by atoms with Gasteiger partial charge in [0, 0.05) is 0 Å². The number of fused-ring (bicyclic) bond motifs is 1. The topological polar surface area (TPSA) is 54.0 Å². The molecule has 4 nitrogen and oxygen atoms in total. The Morgan fingerprint density at radius 2 is 2.44 bits per heavy atom. The van der Waals surface area contributed by atoms with Gasteiger partial charge in [-0.2, -0.15) is 0 Å². The number of amides is 1. The van der Waals surface area contributed by atoms with Gasteiger partial charge in [0.05, 0.1) is 6.04 Å². The van der Waals surface area contributed by atoms with Crippen molar-refractivity contribution in [2.75, 3.05) is 11.9 Å². The Kier molecular flexibility index (Phi) is 2.86. The second-order valence-corrected chi connectivity index (χ2v) is 5.71. The van der Waals surface area contributed by atoms with Crippen LogP contribution in [0.5, 0.6) is 0 Å². The number of pyridine rings is 1. The van der Waals surface area contributed by atoms with E-state index in [4.69, 9.17) is 0 Å². The highest BCUT2D eigenvalue weighted by Crippen LogP contribution is 2.45. The normalized spacial score (nSPS) is 28.9. The van der Waals surface area contributed by atoms with Crippen molar-refractivity contribution in [1.29, 1.82) is 0 Å². The molecule has 1 saturated heterocycles. The van der Waals surface area contributed by atoms with E-state index in [-0.39, 0.29) is 16.6 Å². The van der Waals surface area contributed by atoms with Gasteiger partial charge in [0.2, 0.25) is 5.91 Å². The lowest BCUT2D eigenvalue weighted by Crippen LogP contribution is -2.39. The minimum Gasteiger partial charge on any atom is -0.309 e. The number of rotatable bonds is 2. The molecule has 2 N–H and O–H groups in total. The van der Waals surface area contributed by atoms with Crippen LogP contribution in [0.4, 0.5) is 10.2 Å². The standard InChI is InChI=1S/C12H13BrFN3O/c1-5-2-8(14)10(13)16-11(5)17-12(18)9-7-3-6(7)4-15-9/h2,6-7,9,15H,3-4H2,1H3,(H,16,17,18)/t6-,7-,9+/m1/s1. The molecule has 0 unspecified atom stereocenters. The maximum absolute atomic E-state index is 13.2. The van der Waals surface area contributed by atoms with Crippen molar-refractivity contribution in [3.63, 3.8) is 0 Å². The quantitative estimate of drug-likeness (QED) is 0.819. The number of piperidine rings is 1. The maximum atomic E-state index is 13.2. The Labute approximate surface area is 112 Å². The summed E-state index contributed by atoms with van der Waals surface area (Å²) in [5, 5.41) is 5.96. The highest BCUT2D eigenvalue weighted by Gasteiger charge is 2.50. The van der Waals surface area contributed by atoms with Crippen LogP contribution in [-0.2, 0) is 4.79 Å². The summed E-state index contributed by atoms with van der Waals surface area (Å²) >= 11 is 3.02.